The Morgan fingerprint density at radius 3 is 2.58 bits per heavy atom. The number of hydrogen-bond acceptors (Lipinski definition) is 5. The van der Waals surface area contributed by atoms with Gasteiger partial charge in [0.05, 0.1) is 26.6 Å². The largest absolute Gasteiger partial charge is 0.376 e. The van der Waals surface area contributed by atoms with Gasteiger partial charge < -0.3 is 5.32 Å². The lowest BCUT2D eigenvalue weighted by atomic mass is 9.77. The molecule has 0 spiro atoms. The van der Waals surface area contributed by atoms with E-state index in [1.54, 1.807) is 18.2 Å². The fourth-order valence-electron chi connectivity index (χ4n) is 3.91. The summed E-state index contributed by atoms with van der Waals surface area (Å²) in [6.07, 6.45) is 4.86. The minimum absolute atomic E-state index is 0.0205. The highest BCUT2D eigenvalue weighted by molar-refractivity contribution is 6.33. The summed E-state index contributed by atoms with van der Waals surface area (Å²) in [5.41, 5.74) is 2.25. The number of halogens is 1. The van der Waals surface area contributed by atoms with Gasteiger partial charge in [0.25, 0.3) is 11.4 Å². The second-order valence-electron chi connectivity index (χ2n) is 6.48. The molecule has 0 aromatic heterocycles. The van der Waals surface area contributed by atoms with Crippen LogP contribution in [0.4, 0.5) is 17.1 Å². The lowest BCUT2D eigenvalue weighted by Gasteiger charge is -2.37. The first-order chi connectivity index (χ1) is 12.5. The van der Waals surface area contributed by atoms with Crippen LogP contribution < -0.4 is 5.32 Å². The summed E-state index contributed by atoms with van der Waals surface area (Å²) in [7, 11) is 0. The molecule has 1 heterocycles. The molecule has 4 rings (SSSR count). The third-order valence-corrected chi connectivity index (χ3v) is 5.35. The molecule has 8 heteroatoms. The number of allylic oxidation sites excluding steroid dienone is 2. The summed E-state index contributed by atoms with van der Waals surface area (Å²) < 4.78 is 0. The third kappa shape index (κ3) is 2.61. The zero-order valence-electron chi connectivity index (χ0n) is 13.5. The van der Waals surface area contributed by atoms with E-state index in [1.165, 1.54) is 12.1 Å². The zero-order chi connectivity index (χ0) is 18.4. The molecule has 0 bridgehead atoms. The molecule has 0 unspecified atom stereocenters. The van der Waals surface area contributed by atoms with Crippen molar-refractivity contribution < 1.29 is 9.85 Å². The van der Waals surface area contributed by atoms with Crippen molar-refractivity contribution in [2.24, 2.45) is 5.92 Å². The molecule has 3 atom stereocenters. The van der Waals surface area contributed by atoms with Crippen LogP contribution in [0.15, 0.2) is 48.6 Å². The van der Waals surface area contributed by atoms with Crippen molar-refractivity contribution in [3.05, 3.63) is 84.9 Å². The van der Waals surface area contributed by atoms with Crippen LogP contribution in [0.5, 0.6) is 0 Å². The van der Waals surface area contributed by atoms with Crippen molar-refractivity contribution in [2.45, 2.75) is 18.4 Å². The van der Waals surface area contributed by atoms with Gasteiger partial charge in [-0.25, -0.2) is 0 Å². The Kier molecular flexibility index (Phi) is 3.88. The molecule has 0 saturated heterocycles. The molecular weight excluding hydrogens is 358 g/mol. The molecule has 26 heavy (non-hydrogen) atoms. The number of hydrogen-bond donors (Lipinski definition) is 1. The highest BCUT2D eigenvalue weighted by Gasteiger charge is 2.40. The first-order valence-electron chi connectivity index (χ1n) is 8.11. The Hall–Kier alpha value is -2.93. The Labute approximate surface area is 153 Å². The van der Waals surface area contributed by atoms with Gasteiger partial charge in [-0.3, -0.25) is 20.2 Å². The summed E-state index contributed by atoms with van der Waals surface area (Å²) in [4.78, 5) is 21.4. The average molecular weight is 372 g/mol. The van der Waals surface area contributed by atoms with Crippen LogP contribution >= 0.6 is 11.6 Å². The van der Waals surface area contributed by atoms with Gasteiger partial charge in [-0.15, -0.1) is 0 Å². The number of nitrogens with one attached hydrogen (secondary N) is 1. The van der Waals surface area contributed by atoms with Gasteiger partial charge in [-0.2, -0.15) is 0 Å². The van der Waals surface area contributed by atoms with Gasteiger partial charge in [0, 0.05) is 30.2 Å². The number of nitrogens with zero attached hydrogens (tertiary/aromatic N) is 2. The molecule has 2 aromatic rings. The number of nitro groups is 2. The van der Waals surface area contributed by atoms with E-state index >= 15 is 0 Å². The summed E-state index contributed by atoms with van der Waals surface area (Å²) in [6, 6.07) is 9.27. The number of rotatable bonds is 3. The van der Waals surface area contributed by atoms with Gasteiger partial charge >= 0.3 is 0 Å². The van der Waals surface area contributed by atoms with E-state index in [0.29, 0.717) is 5.69 Å². The molecule has 0 amide bonds. The third-order valence-electron chi connectivity index (χ3n) is 5.06. The molecule has 132 valence electrons. The van der Waals surface area contributed by atoms with Gasteiger partial charge in [-0.05, 0) is 23.5 Å². The quantitative estimate of drug-likeness (QED) is 0.466. The molecule has 2 aliphatic rings. The van der Waals surface area contributed by atoms with E-state index in [2.05, 4.69) is 5.32 Å². The number of non-ortho nitro benzene ring substituents is 2. The maximum atomic E-state index is 11.2. The van der Waals surface area contributed by atoms with E-state index in [4.69, 9.17) is 11.6 Å². The minimum Gasteiger partial charge on any atom is -0.376 e. The summed E-state index contributed by atoms with van der Waals surface area (Å²) in [5, 5.41) is 25.9. The summed E-state index contributed by atoms with van der Waals surface area (Å²) in [6.45, 7) is 0. The van der Waals surface area contributed by atoms with Crippen LogP contribution in [0.3, 0.4) is 0 Å². The predicted octanol–water partition coefficient (Wildman–Crippen LogP) is 4.98. The van der Waals surface area contributed by atoms with Crippen molar-refractivity contribution in [3.63, 3.8) is 0 Å². The van der Waals surface area contributed by atoms with E-state index in [0.717, 1.165) is 17.5 Å². The SMILES string of the molecule is O=[N+]([O-])c1cccc([C@@H]2Nc3c(Cl)cc([N+](=O)[O-])cc3[C@H]3C=CC[C@H]32)c1. The Morgan fingerprint density at radius 1 is 1.08 bits per heavy atom. The lowest BCUT2D eigenvalue weighted by Crippen LogP contribution is -2.29. The first-order valence-corrected chi connectivity index (χ1v) is 8.49. The highest BCUT2D eigenvalue weighted by atomic mass is 35.5. The number of nitro benzene ring substituents is 2. The zero-order valence-corrected chi connectivity index (χ0v) is 14.2. The summed E-state index contributed by atoms with van der Waals surface area (Å²) in [5.74, 6) is 0.0930. The molecule has 0 radical (unpaired) electrons. The smallest absolute Gasteiger partial charge is 0.271 e. The number of anilines is 1. The second-order valence-corrected chi connectivity index (χ2v) is 6.88. The molecule has 1 N–H and O–H groups in total. The normalized spacial score (nSPS) is 23.0. The summed E-state index contributed by atoms with van der Waals surface area (Å²) >= 11 is 6.32. The number of fused-ring (bicyclic) bond motifs is 3. The Balaban J connectivity index is 1.81. The Morgan fingerprint density at radius 2 is 1.85 bits per heavy atom. The van der Waals surface area contributed by atoms with Gasteiger partial charge in [0.2, 0.25) is 0 Å². The van der Waals surface area contributed by atoms with Crippen molar-refractivity contribution >= 4 is 28.7 Å². The highest BCUT2D eigenvalue weighted by Crippen LogP contribution is 2.52. The maximum Gasteiger partial charge on any atom is 0.271 e. The predicted molar refractivity (Wildman–Crippen MR) is 97.6 cm³/mol. The molecule has 7 nitrogen and oxygen atoms in total. The molecule has 2 aromatic carbocycles. The number of benzene rings is 2. The van der Waals surface area contributed by atoms with Crippen molar-refractivity contribution in [2.75, 3.05) is 5.32 Å². The van der Waals surface area contributed by atoms with E-state index in [9.17, 15) is 20.2 Å². The van der Waals surface area contributed by atoms with E-state index in [-0.39, 0.29) is 34.3 Å². The van der Waals surface area contributed by atoms with E-state index < -0.39 is 9.85 Å². The topological polar surface area (TPSA) is 98.3 Å². The van der Waals surface area contributed by atoms with Crippen molar-refractivity contribution in [3.8, 4) is 0 Å². The molecule has 0 saturated carbocycles. The average Bonchev–Trinajstić information content (AvgIpc) is 3.11. The van der Waals surface area contributed by atoms with Crippen molar-refractivity contribution in [1.29, 1.82) is 0 Å². The first kappa shape index (κ1) is 16.5. The van der Waals surface area contributed by atoms with Crippen molar-refractivity contribution in [1.82, 2.24) is 0 Å². The maximum absolute atomic E-state index is 11.2. The fourth-order valence-corrected chi connectivity index (χ4v) is 4.18. The molecule has 0 fully saturated rings. The van der Waals surface area contributed by atoms with Crippen LogP contribution in [0, 0.1) is 26.1 Å². The van der Waals surface area contributed by atoms with E-state index in [1.807, 2.05) is 18.2 Å². The minimum atomic E-state index is -0.452. The van der Waals surface area contributed by atoms with Gasteiger partial charge in [0.15, 0.2) is 0 Å². The molecule has 1 aliphatic heterocycles. The lowest BCUT2D eigenvalue weighted by molar-refractivity contribution is -0.385. The van der Waals surface area contributed by atoms with Crippen LogP contribution in [0.1, 0.15) is 29.5 Å². The molecule has 1 aliphatic carbocycles. The van der Waals surface area contributed by atoms with Crippen LogP contribution in [-0.4, -0.2) is 9.85 Å². The Bertz CT molecular complexity index is 959. The fraction of sp³-hybridized carbons (Fsp3) is 0.222. The van der Waals surface area contributed by atoms with Crippen LogP contribution in [0.2, 0.25) is 5.02 Å². The second kappa shape index (κ2) is 6.10. The van der Waals surface area contributed by atoms with Crippen LogP contribution in [0.25, 0.3) is 0 Å². The van der Waals surface area contributed by atoms with Gasteiger partial charge in [-0.1, -0.05) is 35.9 Å². The monoisotopic (exact) mass is 371 g/mol. The standard InChI is InChI=1S/C18H14ClN3O4/c19-16-9-12(22(25)26)8-15-13-5-2-6-14(13)17(20-18(15)16)10-3-1-4-11(7-10)21(23)24/h1-5,7-9,13-14,17,20H,6H2/t13-,14+,17-/m0/s1. The van der Waals surface area contributed by atoms with Crippen LogP contribution in [-0.2, 0) is 0 Å². The molecular formula is C18H14ClN3O4. The van der Waals surface area contributed by atoms with Gasteiger partial charge in [0.1, 0.15) is 0 Å².